The SMILES string of the molecule is CC[C@H]1OC(=O)[C@H](C)[C@@H](OC2C[C@@](C)(OC)[C@@H](OC(C)=O)[C@H](C)O2)[C@@H](C)[C@@H](O[C@@H]2O[C@H](C)C[C@H](N(C)C)[C@H]2O)[C@](C)(OC)C[C@@H](C)CC(C)[C@H](CC=O)[C@]1(C)O. The van der Waals surface area contributed by atoms with Crippen LogP contribution in [0.25, 0.3) is 0 Å². The van der Waals surface area contributed by atoms with E-state index < -0.39 is 95.7 Å². The Hall–Kier alpha value is -1.75. The Labute approximate surface area is 335 Å². The Morgan fingerprint density at radius 2 is 1.55 bits per heavy atom. The van der Waals surface area contributed by atoms with Gasteiger partial charge in [0.05, 0.1) is 35.9 Å². The molecule has 0 aromatic heterocycles. The van der Waals surface area contributed by atoms with Gasteiger partial charge in [0.15, 0.2) is 18.7 Å². The fraction of sp³-hybridized carbons (Fsp3) is 0.929. The molecule has 3 saturated heterocycles. The summed E-state index contributed by atoms with van der Waals surface area (Å²) in [5, 5.41) is 23.8. The van der Waals surface area contributed by atoms with Crippen molar-refractivity contribution in [2.75, 3.05) is 28.3 Å². The third-order valence-electron chi connectivity index (χ3n) is 13.1. The van der Waals surface area contributed by atoms with E-state index in [1.54, 1.807) is 27.9 Å². The van der Waals surface area contributed by atoms with Crippen molar-refractivity contribution in [3.63, 3.8) is 0 Å². The third-order valence-corrected chi connectivity index (χ3v) is 13.1. The van der Waals surface area contributed by atoms with E-state index in [2.05, 4.69) is 6.92 Å². The number of likely N-dealkylation sites (N-methyl/N-ethyl adjacent to an activating group) is 1. The standard InChI is InChI=1S/C42H75NO13/c1-16-32-42(11,48)30(17-18-44)24(3)19-23(2)21-40(9,49-14)36(56-39-34(46)31(43(12)13)20-25(4)51-39)26(5)35(27(6)38(47)54-32)55-33-22-41(10,50-15)37(28(7)52-33)53-29(8)45/h18,23-28,30-37,39,46,48H,16-17,19-22H2,1-15H3/t23-,24?,25+,26+,27+,28-,30-,31-,32+,33?,34+,35-,36+,37-,39-,40+,41+,42-/m0/s1. The average molecular weight is 802 g/mol. The van der Waals surface area contributed by atoms with E-state index >= 15 is 0 Å². The number of aldehydes is 1. The van der Waals surface area contributed by atoms with Gasteiger partial charge in [0.1, 0.15) is 29.7 Å². The van der Waals surface area contributed by atoms with Gasteiger partial charge < -0.3 is 57.8 Å². The van der Waals surface area contributed by atoms with Gasteiger partial charge in [0.25, 0.3) is 0 Å². The summed E-state index contributed by atoms with van der Waals surface area (Å²) in [5.41, 5.74) is -3.54. The average Bonchev–Trinajstić information content (AvgIpc) is 3.11. The molecule has 0 bridgehead atoms. The van der Waals surface area contributed by atoms with Gasteiger partial charge in [0.2, 0.25) is 0 Å². The summed E-state index contributed by atoms with van der Waals surface area (Å²) >= 11 is 0. The highest BCUT2D eigenvalue weighted by molar-refractivity contribution is 5.73. The number of nitrogens with zero attached hydrogens (tertiary/aromatic N) is 1. The Morgan fingerprint density at radius 3 is 2.09 bits per heavy atom. The molecule has 56 heavy (non-hydrogen) atoms. The summed E-state index contributed by atoms with van der Waals surface area (Å²) in [7, 11) is 6.99. The summed E-state index contributed by atoms with van der Waals surface area (Å²) < 4.78 is 50.8. The van der Waals surface area contributed by atoms with Crippen LogP contribution in [0.15, 0.2) is 0 Å². The first kappa shape index (κ1) is 48.6. The minimum atomic E-state index is -1.52. The summed E-state index contributed by atoms with van der Waals surface area (Å²) in [6, 6.07) is -0.241. The smallest absolute Gasteiger partial charge is 0.311 e. The molecule has 0 aromatic carbocycles. The zero-order valence-electron chi connectivity index (χ0n) is 36.8. The van der Waals surface area contributed by atoms with E-state index in [0.717, 1.165) is 6.29 Å². The number of carbonyl (C=O) groups is 3. The van der Waals surface area contributed by atoms with Crippen molar-refractivity contribution in [1.29, 1.82) is 0 Å². The van der Waals surface area contributed by atoms with Gasteiger partial charge >= 0.3 is 11.9 Å². The van der Waals surface area contributed by atoms with Crippen LogP contribution in [0.4, 0.5) is 0 Å². The highest BCUT2D eigenvalue weighted by Gasteiger charge is 2.54. The van der Waals surface area contributed by atoms with E-state index in [9.17, 15) is 24.6 Å². The van der Waals surface area contributed by atoms with Gasteiger partial charge in [-0.3, -0.25) is 9.59 Å². The van der Waals surface area contributed by atoms with Crippen LogP contribution in [-0.4, -0.2) is 140 Å². The quantitative estimate of drug-likeness (QED) is 0.218. The number of aliphatic hydroxyl groups excluding tert-OH is 1. The topological polar surface area (TPSA) is 169 Å². The van der Waals surface area contributed by atoms with Crippen LogP contribution < -0.4 is 0 Å². The number of aliphatic hydroxyl groups is 2. The Bertz CT molecular complexity index is 1280. The van der Waals surface area contributed by atoms with Gasteiger partial charge in [-0.25, -0.2) is 0 Å². The molecule has 3 aliphatic heterocycles. The first-order valence-corrected chi connectivity index (χ1v) is 20.6. The molecule has 2 N–H and O–H groups in total. The molecule has 326 valence electrons. The summed E-state index contributed by atoms with van der Waals surface area (Å²) in [6.45, 7) is 20.1. The van der Waals surface area contributed by atoms with E-state index in [1.165, 1.54) is 14.0 Å². The number of hydrogen-bond donors (Lipinski definition) is 2. The lowest BCUT2D eigenvalue weighted by Gasteiger charge is -2.50. The Balaban J connectivity index is 2.22. The number of ether oxygens (including phenoxy) is 8. The van der Waals surface area contributed by atoms with Crippen LogP contribution in [-0.2, 0) is 52.3 Å². The predicted molar refractivity (Wildman–Crippen MR) is 208 cm³/mol. The van der Waals surface area contributed by atoms with Crippen molar-refractivity contribution >= 4 is 18.2 Å². The van der Waals surface area contributed by atoms with Crippen LogP contribution in [0.2, 0.25) is 0 Å². The Kier molecular flexibility index (Phi) is 17.4. The molecule has 2 unspecified atom stereocenters. The van der Waals surface area contributed by atoms with Crippen molar-refractivity contribution in [3.05, 3.63) is 0 Å². The summed E-state index contributed by atoms with van der Waals surface area (Å²) in [6.07, 6.45) is -4.13. The number of cyclic esters (lactones) is 1. The first-order valence-electron chi connectivity index (χ1n) is 20.6. The molecule has 0 radical (unpaired) electrons. The molecule has 3 fully saturated rings. The molecular weight excluding hydrogens is 726 g/mol. The number of esters is 2. The van der Waals surface area contributed by atoms with Crippen molar-refractivity contribution in [1.82, 2.24) is 4.90 Å². The number of hydrogen-bond acceptors (Lipinski definition) is 14. The maximum atomic E-state index is 14.5. The molecule has 3 aliphatic rings. The van der Waals surface area contributed by atoms with E-state index in [4.69, 9.17) is 37.9 Å². The van der Waals surface area contributed by atoms with E-state index in [1.807, 2.05) is 60.5 Å². The summed E-state index contributed by atoms with van der Waals surface area (Å²) in [4.78, 5) is 40.6. The highest BCUT2D eigenvalue weighted by atomic mass is 16.7. The molecule has 14 nitrogen and oxygen atoms in total. The number of rotatable bonds is 11. The maximum Gasteiger partial charge on any atom is 0.311 e. The van der Waals surface area contributed by atoms with Gasteiger partial charge in [-0.05, 0) is 93.2 Å². The fourth-order valence-electron chi connectivity index (χ4n) is 9.93. The van der Waals surface area contributed by atoms with Crippen LogP contribution >= 0.6 is 0 Å². The third kappa shape index (κ3) is 11.1. The lowest BCUT2D eigenvalue weighted by molar-refractivity contribution is -0.320. The molecule has 18 atom stereocenters. The zero-order chi connectivity index (χ0) is 42.5. The molecule has 0 aromatic rings. The fourth-order valence-corrected chi connectivity index (χ4v) is 9.93. The van der Waals surface area contributed by atoms with Gasteiger partial charge in [-0.15, -0.1) is 0 Å². The minimum absolute atomic E-state index is 0.00866. The van der Waals surface area contributed by atoms with Gasteiger partial charge in [-0.1, -0.05) is 27.7 Å². The highest BCUT2D eigenvalue weighted by Crippen LogP contribution is 2.44. The predicted octanol–water partition coefficient (Wildman–Crippen LogP) is 4.68. The van der Waals surface area contributed by atoms with Gasteiger partial charge in [-0.2, -0.15) is 0 Å². The first-order chi connectivity index (χ1) is 26.0. The molecule has 14 heteroatoms. The van der Waals surface area contributed by atoms with Crippen molar-refractivity contribution in [3.8, 4) is 0 Å². The number of carbonyl (C=O) groups excluding carboxylic acids is 3. The van der Waals surface area contributed by atoms with Crippen molar-refractivity contribution in [2.45, 2.75) is 193 Å². The lowest BCUT2D eigenvalue weighted by Crippen LogP contribution is -2.61. The monoisotopic (exact) mass is 802 g/mol. The second-order valence-electron chi connectivity index (χ2n) is 18.0. The van der Waals surface area contributed by atoms with Crippen molar-refractivity contribution in [2.24, 2.45) is 29.6 Å². The largest absolute Gasteiger partial charge is 0.459 e. The second-order valence-corrected chi connectivity index (χ2v) is 18.0. The minimum Gasteiger partial charge on any atom is -0.459 e. The normalized spacial score (nSPS) is 46.1. The molecule has 0 spiro atoms. The molecule has 3 rings (SSSR count). The second kappa shape index (κ2) is 20.0. The van der Waals surface area contributed by atoms with E-state index in [-0.39, 0.29) is 36.8 Å². The van der Waals surface area contributed by atoms with Crippen LogP contribution in [0.1, 0.15) is 115 Å². The number of methoxy groups -OCH3 is 2. The van der Waals surface area contributed by atoms with E-state index in [0.29, 0.717) is 25.7 Å². The maximum absolute atomic E-state index is 14.5. The Morgan fingerprint density at radius 1 is 0.946 bits per heavy atom. The van der Waals surface area contributed by atoms with Crippen molar-refractivity contribution < 1.29 is 62.5 Å². The molecule has 0 amide bonds. The molecule has 0 aliphatic carbocycles. The van der Waals surface area contributed by atoms with Crippen LogP contribution in [0.3, 0.4) is 0 Å². The molecular formula is C42H75NO13. The van der Waals surface area contributed by atoms with Gasteiger partial charge in [0, 0.05) is 51.9 Å². The summed E-state index contributed by atoms with van der Waals surface area (Å²) in [5.74, 6) is -3.28. The molecule has 0 saturated carbocycles. The molecule has 3 heterocycles. The lowest BCUT2D eigenvalue weighted by atomic mass is 9.70. The van der Waals surface area contributed by atoms with Crippen LogP contribution in [0.5, 0.6) is 0 Å². The van der Waals surface area contributed by atoms with Crippen LogP contribution in [0, 0.1) is 29.6 Å². The zero-order valence-corrected chi connectivity index (χ0v) is 36.8.